The first-order chi connectivity index (χ1) is 12.7. The van der Waals surface area contributed by atoms with Crippen LogP contribution in [0.5, 0.6) is 0 Å². The lowest BCUT2D eigenvalue weighted by Crippen LogP contribution is -2.45. The van der Waals surface area contributed by atoms with Crippen molar-refractivity contribution in [3.05, 3.63) is 71.3 Å². The summed E-state index contributed by atoms with van der Waals surface area (Å²) in [5, 5.41) is 3.27. The van der Waals surface area contributed by atoms with E-state index < -0.39 is 0 Å². The first kappa shape index (κ1) is 17.3. The van der Waals surface area contributed by atoms with E-state index in [2.05, 4.69) is 60.8 Å². The molecule has 1 aliphatic heterocycles. The average molecular weight is 349 g/mol. The zero-order valence-corrected chi connectivity index (χ0v) is 15.4. The van der Waals surface area contributed by atoms with Gasteiger partial charge in [-0.1, -0.05) is 60.2 Å². The molecule has 1 aliphatic carbocycles. The van der Waals surface area contributed by atoms with E-state index in [-0.39, 0.29) is 17.2 Å². The summed E-state index contributed by atoms with van der Waals surface area (Å²) >= 11 is 0. The second kappa shape index (κ2) is 7.24. The summed E-state index contributed by atoms with van der Waals surface area (Å²) in [5.41, 5.74) is 3.87. The van der Waals surface area contributed by atoms with Crippen molar-refractivity contribution in [1.82, 2.24) is 5.32 Å². The fourth-order valence-electron chi connectivity index (χ4n) is 4.18. The van der Waals surface area contributed by atoms with Crippen LogP contribution in [-0.4, -0.2) is 25.7 Å². The van der Waals surface area contributed by atoms with E-state index in [0.29, 0.717) is 12.5 Å². The zero-order valence-electron chi connectivity index (χ0n) is 15.4. The molecule has 2 atom stereocenters. The van der Waals surface area contributed by atoms with E-state index in [4.69, 9.17) is 4.74 Å². The van der Waals surface area contributed by atoms with Gasteiger partial charge < -0.3 is 10.1 Å². The molecule has 0 aromatic heterocycles. The van der Waals surface area contributed by atoms with Gasteiger partial charge in [0.1, 0.15) is 0 Å². The zero-order chi connectivity index (χ0) is 18.0. The average Bonchev–Trinajstić information content (AvgIpc) is 3.49. The molecule has 4 rings (SSSR count). The molecule has 2 aliphatic rings. The maximum Gasteiger partial charge on any atom is 0.223 e. The topological polar surface area (TPSA) is 38.3 Å². The molecule has 1 heterocycles. The maximum absolute atomic E-state index is 12.7. The van der Waals surface area contributed by atoms with Crippen LogP contribution in [0.3, 0.4) is 0 Å². The molecule has 1 amide bonds. The molecule has 0 spiro atoms. The van der Waals surface area contributed by atoms with Crippen molar-refractivity contribution in [3.8, 4) is 0 Å². The lowest BCUT2D eigenvalue weighted by molar-refractivity contribution is -0.122. The van der Waals surface area contributed by atoms with Crippen molar-refractivity contribution >= 4 is 5.91 Å². The highest BCUT2D eigenvalue weighted by Gasteiger charge is 2.44. The fourth-order valence-corrected chi connectivity index (χ4v) is 4.18. The quantitative estimate of drug-likeness (QED) is 0.887. The van der Waals surface area contributed by atoms with Crippen molar-refractivity contribution in [1.29, 1.82) is 0 Å². The Labute approximate surface area is 155 Å². The molecule has 0 radical (unpaired) electrons. The van der Waals surface area contributed by atoms with Crippen LogP contribution in [-0.2, 0) is 14.9 Å². The summed E-state index contributed by atoms with van der Waals surface area (Å²) in [6, 6.07) is 19.2. The molecular weight excluding hydrogens is 322 g/mol. The van der Waals surface area contributed by atoms with Gasteiger partial charge in [0.25, 0.3) is 0 Å². The Bertz CT molecular complexity index is 748. The van der Waals surface area contributed by atoms with Crippen LogP contribution in [0, 0.1) is 12.8 Å². The van der Waals surface area contributed by atoms with Crippen molar-refractivity contribution in [2.45, 2.75) is 37.5 Å². The van der Waals surface area contributed by atoms with Crippen molar-refractivity contribution < 1.29 is 9.53 Å². The number of aryl methyl sites for hydroxylation is 1. The minimum absolute atomic E-state index is 0.00125. The number of amides is 1. The fraction of sp³-hybridized carbons (Fsp3) is 0.435. The van der Waals surface area contributed by atoms with Crippen molar-refractivity contribution in [3.63, 3.8) is 0 Å². The molecule has 1 N–H and O–H groups in total. The Kier molecular flexibility index (Phi) is 4.82. The highest BCUT2D eigenvalue weighted by molar-refractivity contribution is 5.83. The Morgan fingerprint density at radius 2 is 1.77 bits per heavy atom. The molecule has 0 bridgehead atoms. The van der Waals surface area contributed by atoms with Crippen LogP contribution in [0.2, 0.25) is 0 Å². The van der Waals surface area contributed by atoms with Gasteiger partial charge in [0.2, 0.25) is 5.91 Å². The smallest absolute Gasteiger partial charge is 0.223 e. The highest BCUT2D eigenvalue weighted by Crippen LogP contribution is 2.47. The molecule has 3 heteroatoms. The van der Waals surface area contributed by atoms with E-state index in [9.17, 15) is 4.79 Å². The predicted octanol–water partition coefficient (Wildman–Crippen LogP) is 3.96. The van der Waals surface area contributed by atoms with Crippen LogP contribution in [0.25, 0.3) is 0 Å². The lowest BCUT2D eigenvalue weighted by atomic mass is 9.74. The molecule has 1 saturated heterocycles. The molecule has 2 fully saturated rings. The summed E-state index contributed by atoms with van der Waals surface area (Å²) < 4.78 is 5.60. The van der Waals surface area contributed by atoms with Crippen LogP contribution in [0.1, 0.15) is 41.9 Å². The van der Waals surface area contributed by atoms with Crippen LogP contribution in [0.15, 0.2) is 54.6 Å². The van der Waals surface area contributed by atoms with Gasteiger partial charge in [-0.05, 0) is 43.2 Å². The maximum atomic E-state index is 12.7. The number of rotatable bonds is 5. The summed E-state index contributed by atoms with van der Waals surface area (Å²) in [4.78, 5) is 12.7. The SMILES string of the molecule is Cc1ccc(C2(CNC(=O)[C@@H]3C[C@@H]3c3ccccc3)CCOCC2)cc1. The first-order valence-corrected chi connectivity index (χ1v) is 9.65. The molecule has 1 saturated carbocycles. The molecule has 136 valence electrons. The Hall–Kier alpha value is -2.13. The molecule has 2 aromatic rings. The molecule has 2 aromatic carbocycles. The number of carbonyl (C=O) groups is 1. The second-order valence-corrected chi connectivity index (χ2v) is 7.84. The standard InChI is InChI=1S/C23H27NO2/c1-17-7-9-19(10-8-17)23(11-13-26-14-12-23)16-24-22(25)21-15-20(21)18-5-3-2-4-6-18/h2-10,20-21H,11-16H2,1H3,(H,24,25)/t20-,21-/m1/s1. The molecule has 3 nitrogen and oxygen atoms in total. The van der Waals surface area contributed by atoms with Crippen LogP contribution >= 0.6 is 0 Å². The van der Waals surface area contributed by atoms with Gasteiger partial charge in [-0.15, -0.1) is 0 Å². The monoisotopic (exact) mass is 349 g/mol. The molecule has 26 heavy (non-hydrogen) atoms. The number of nitrogens with one attached hydrogen (secondary N) is 1. The van der Waals surface area contributed by atoms with E-state index in [1.54, 1.807) is 0 Å². The third-order valence-electron chi connectivity index (χ3n) is 6.07. The van der Waals surface area contributed by atoms with Crippen LogP contribution in [0.4, 0.5) is 0 Å². The highest BCUT2D eigenvalue weighted by atomic mass is 16.5. The van der Waals surface area contributed by atoms with Gasteiger partial charge in [-0.3, -0.25) is 4.79 Å². The van der Waals surface area contributed by atoms with Gasteiger partial charge >= 0.3 is 0 Å². The first-order valence-electron chi connectivity index (χ1n) is 9.65. The van der Waals surface area contributed by atoms with Gasteiger partial charge in [0, 0.05) is 31.1 Å². The number of ether oxygens (including phenoxy) is 1. The van der Waals surface area contributed by atoms with Crippen LogP contribution < -0.4 is 5.32 Å². The molecule has 0 unspecified atom stereocenters. The van der Waals surface area contributed by atoms with Gasteiger partial charge in [-0.25, -0.2) is 0 Å². The largest absolute Gasteiger partial charge is 0.381 e. The molecular formula is C23H27NO2. The van der Waals surface area contributed by atoms with Crippen molar-refractivity contribution in [2.24, 2.45) is 5.92 Å². The van der Waals surface area contributed by atoms with E-state index in [1.807, 2.05) is 6.07 Å². The third-order valence-corrected chi connectivity index (χ3v) is 6.07. The number of hydrogen-bond donors (Lipinski definition) is 1. The van der Waals surface area contributed by atoms with E-state index in [1.165, 1.54) is 16.7 Å². The normalized spacial score (nSPS) is 24.0. The van der Waals surface area contributed by atoms with E-state index >= 15 is 0 Å². The van der Waals surface area contributed by atoms with Crippen molar-refractivity contribution in [2.75, 3.05) is 19.8 Å². The predicted molar refractivity (Wildman–Crippen MR) is 103 cm³/mol. The van der Waals surface area contributed by atoms with E-state index in [0.717, 1.165) is 32.5 Å². The Morgan fingerprint density at radius 1 is 1.08 bits per heavy atom. The Balaban J connectivity index is 1.42. The number of hydrogen-bond acceptors (Lipinski definition) is 2. The Morgan fingerprint density at radius 3 is 2.46 bits per heavy atom. The minimum Gasteiger partial charge on any atom is -0.381 e. The third kappa shape index (κ3) is 3.54. The lowest BCUT2D eigenvalue weighted by Gasteiger charge is -2.38. The summed E-state index contributed by atoms with van der Waals surface area (Å²) in [7, 11) is 0. The second-order valence-electron chi connectivity index (χ2n) is 7.84. The summed E-state index contributed by atoms with van der Waals surface area (Å²) in [6.45, 7) is 4.34. The number of benzene rings is 2. The summed E-state index contributed by atoms with van der Waals surface area (Å²) in [6.07, 6.45) is 2.89. The number of carbonyl (C=O) groups excluding carboxylic acids is 1. The van der Waals surface area contributed by atoms with Gasteiger partial charge in [0.05, 0.1) is 0 Å². The van der Waals surface area contributed by atoms with Gasteiger partial charge in [0.15, 0.2) is 0 Å². The summed E-state index contributed by atoms with van der Waals surface area (Å²) in [5.74, 6) is 0.727. The minimum atomic E-state index is -0.00125. The van der Waals surface area contributed by atoms with Gasteiger partial charge in [-0.2, -0.15) is 0 Å².